The number of esters is 1. The van der Waals surface area contributed by atoms with Gasteiger partial charge in [0, 0.05) is 12.4 Å². The summed E-state index contributed by atoms with van der Waals surface area (Å²) in [4.78, 5) is 13.8. The Morgan fingerprint density at radius 1 is 1.83 bits per heavy atom. The lowest BCUT2D eigenvalue weighted by Gasteiger charge is -2.06. The number of ether oxygens (including phenoxy) is 1. The zero-order valence-corrected chi connectivity index (χ0v) is 6.91. The first-order chi connectivity index (χ1) is 5.74. The SMILES string of the molecule is COC(=O)C(N)Cc1cc[nH]c1. The average Bonchev–Trinajstić information content (AvgIpc) is 2.55. The van der Waals surface area contributed by atoms with Gasteiger partial charge in [-0.3, -0.25) is 4.79 Å². The highest BCUT2D eigenvalue weighted by Gasteiger charge is 2.13. The Kier molecular flexibility index (Phi) is 2.88. The van der Waals surface area contributed by atoms with Gasteiger partial charge in [0.25, 0.3) is 0 Å². The molecule has 66 valence electrons. The summed E-state index contributed by atoms with van der Waals surface area (Å²) in [7, 11) is 1.33. The third-order valence-corrected chi connectivity index (χ3v) is 1.62. The standard InChI is InChI=1S/C8H12N2O2/c1-12-8(11)7(9)4-6-2-3-10-5-6/h2-3,5,7,10H,4,9H2,1H3. The lowest BCUT2D eigenvalue weighted by atomic mass is 10.1. The van der Waals surface area contributed by atoms with Gasteiger partial charge in [-0.1, -0.05) is 0 Å². The number of hydrogen-bond donors (Lipinski definition) is 2. The molecule has 0 aliphatic rings. The van der Waals surface area contributed by atoms with Gasteiger partial charge in [0.2, 0.25) is 0 Å². The number of H-pyrrole nitrogens is 1. The van der Waals surface area contributed by atoms with Crippen molar-refractivity contribution < 1.29 is 9.53 Å². The molecule has 1 unspecified atom stereocenters. The third-order valence-electron chi connectivity index (χ3n) is 1.62. The summed E-state index contributed by atoms with van der Waals surface area (Å²) >= 11 is 0. The number of aromatic amines is 1. The molecule has 0 fully saturated rings. The van der Waals surface area contributed by atoms with E-state index in [2.05, 4.69) is 9.72 Å². The summed E-state index contributed by atoms with van der Waals surface area (Å²) in [5.74, 6) is -0.379. The maximum absolute atomic E-state index is 10.9. The van der Waals surface area contributed by atoms with Crippen molar-refractivity contribution in [3.63, 3.8) is 0 Å². The van der Waals surface area contributed by atoms with Gasteiger partial charge < -0.3 is 15.5 Å². The van der Waals surface area contributed by atoms with E-state index in [1.807, 2.05) is 12.3 Å². The van der Waals surface area contributed by atoms with E-state index in [-0.39, 0.29) is 5.97 Å². The molecule has 1 aromatic rings. The molecular weight excluding hydrogens is 156 g/mol. The molecule has 0 amide bonds. The van der Waals surface area contributed by atoms with Crippen molar-refractivity contribution in [3.05, 3.63) is 24.0 Å². The quantitative estimate of drug-likeness (QED) is 0.627. The molecule has 1 rings (SSSR count). The van der Waals surface area contributed by atoms with E-state index in [9.17, 15) is 4.79 Å². The smallest absolute Gasteiger partial charge is 0.322 e. The molecule has 12 heavy (non-hydrogen) atoms. The number of aromatic nitrogens is 1. The summed E-state index contributed by atoms with van der Waals surface area (Å²) in [5, 5.41) is 0. The second-order valence-electron chi connectivity index (χ2n) is 2.55. The molecule has 1 atom stereocenters. The molecule has 4 heteroatoms. The monoisotopic (exact) mass is 168 g/mol. The van der Waals surface area contributed by atoms with Crippen LogP contribution in [0, 0.1) is 0 Å². The normalized spacial score (nSPS) is 12.5. The molecule has 0 bridgehead atoms. The van der Waals surface area contributed by atoms with Crippen molar-refractivity contribution >= 4 is 5.97 Å². The molecule has 0 aliphatic carbocycles. The third kappa shape index (κ3) is 2.10. The van der Waals surface area contributed by atoms with Crippen molar-refractivity contribution in [2.45, 2.75) is 12.5 Å². The average molecular weight is 168 g/mol. The van der Waals surface area contributed by atoms with Crippen LogP contribution in [-0.2, 0) is 16.0 Å². The Balaban J connectivity index is 2.47. The number of rotatable bonds is 3. The van der Waals surface area contributed by atoms with Crippen LogP contribution < -0.4 is 5.73 Å². The number of hydrogen-bond acceptors (Lipinski definition) is 3. The Morgan fingerprint density at radius 2 is 2.58 bits per heavy atom. The molecule has 0 aromatic carbocycles. The number of carbonyl (C=O) groups is 1. The summed E-state index contributed by atoms with van der Waals surface area (Å²) in [6.45, 7) is 0. The van der Waals surface area contributed by atoms with Crippen molar-refractivity contribution in [2.24, 2.45) is 5.73 Å². The van der Waals surface area contributed by atoms with Crippen LogP contribution in [0.25, 0.3) is 0 Å². The molecule has 0 saturated carbocycles. The molecule has 1 heterocycles. The minimum Gasteiger partial charge on any atom is -0.468 e. The number of nitrogens with two attached hydrogens (primary N) is 1. The minimum absolute atomic E-state index is 0.379. The van der Waals surface area contributed by atoms with Crippen LogP contribution >= 0.6 is 0 Å². The predicted octanol–water partition coefficient (Wildman–Crippen LogP) is 0.0575. The highest BCUT2D eigenvalue weighted by Crippen LogP contribution is 2.00. The van der Waals surface area contributed by atoms with Gasteiger partial charge in [-0.15, -0.1) is 0 Å². The highest BCUT2D eigenvalue weighted by molar-refractivity contribution is 5.75. The van der Waals surface area contributed by atoms with Gasteiger partial charge in [-0.25, -0.2) is 0 Å². The number of methoxy groups -OCH3 is 1. The van der Waals surface area contributed by atoms with Crippen molar-refractivity contribution in [1.29, 1.82) is 0 Å². The second kappa shape index (κ2) is 3.92. The van der Waals surface area contributed by atoms with Crippen molar-refractivity contribution in [3.8, 4) is 0 Å². The molecule has 3 N–H and O–H groups in total. The summed E-state index contributed by atoms with van der Waals surface area (Å²) in [5.41, 5.74) is 6.54. The Hall–Kier alpha value is -1.29. The van der Waals surface area contributed by atoms with E-state index in [0.717, 1.165) is 5.56 Å². The van der Waals surface area contributed by atoms with Crippen molar-refractivity contribution in [2.75, 3.05) is 7.11 Å². The van der Waals surface area contributed by atoms with E-state index >= 15 is 0 Å². The molecule has 0 spiro atoms. The van der Waals surface area contributed by atoms with Gasteiger partial charge in [0.05, 0.1) is 7.11 Å². The maximum atomic E-state index is 10.9. The van der Waals surface area contributed by atoms with Gasteiger partial charge in [-0.2, -0.15) is 0 Å². The lowest BCUT2D eigenvalue weighted by molar-refractivity contribution is -0.142. The maximum Gasteiger partial charge on any atom is 0.322 e. The van der Waals surface area contributed by atoms with Crippen molar-refractivity contribution in [1.82, 2.24) is 4.98 Å². The molecule has 0 radical (unpaired) electrons. The number of nitrogens with one attached hydrogen (secondary N) is 1. The topological polar surface area (TPSA) is 68.1 Å². The van der Waals surface area contributed by atoms with Crippen LogP contribution in [0.2, 0.25) is 0 Å². The highest BCUT2D eigenvalue weighted by atomic mass is 16.5. The summed E-state index contributed by atoms with van der Waals surface area (Å²) in [6.07, 6.45) is 4.11. The fourth-order valence-electron chi connectivity index (χ4n) is 0.974. The van der Waals surface area contributed by atoms with E-state index in [0.29, 0.717) is 6.42 Å². The molecule has 1 aromatic heterocycles. The van der Waals surface area contributed by atoms with E-state index in [1.54, 1.807) is 6.20 Å². The zero-order valence-electron chi connectivity index (χ0n) is 6.91. The minimum atomic E-state index is -0.564. The molecule has 0 saturated heterocycles. The Bertz CT molecular complexity index is 244. The second-order valence-corrected chi connectivity index (χ2v) is 2.55. The molecular formula is C8H12N2O2. The molecule has 4 nitrogen and oxygen atoms in total. The Morgan fingerprint density at radius 3 is 3.08 bits per heavy atom. The first kappa shape index (κ1) is 8.80. The lowest BCUT2D eigenvalue weighted by Crippen LogP contribution is -2.33. The van der Waals surface area contributed by atoms with Gasteiger partial charge in [0.1, 0.15) is 6.04 Å². The summed E-state index contributed by atoms with van der Waals surface area (Å²) in [6, 6.07) is 1.31. The van der Waals surface area contributed by atoms with Crippen LogP contribution in [0.3, 0.4) is 0 Å². The Labute approximate surface area is 70.7 Å². The predicted molar refractivity (Wildman–Crippen MR) is 44.5 cm³/mol. The summed E-state index contributed by atoms with van der Waals surface area (Å²) < 4.78 is 4.49. The van der Waals surface area contributed by atoms with E-state index < -0.39 is 6.04 Å². The zero-order chi connectivity index (χ0) is 8.97. The van der Waals surface area contributed by atoms with Crippen LogP contribution in [-0.4, -0.2) is 24.1 Å². The van der Waals surface area contributed by atoms with Crippen LogP contribution in [0.15, 0.2) is 18.5 Å². The first-order valence-corrected chi connectivity index (χ1v) is 3.69. The van der Waals surface area contributed by atoms with Gasteiger partial charge in [-0.05, 0) is 18.1 Å². The first-order valence-electron chi connectivity index (χ1n) is 3.69. The van der Waals surface area contributed by atoms with Gasteiger partial charge in [0.15, 0.2) is 0 Å². The fourth-order valence-corrected chi connectivity index (χ4v) is 0.974. The van der Waals surface area contributed by atoms with E-state index in [4.69, 9.17) is 5.73 Å². The largest absolute Gasteiger partial charge is 0.468 e. The van der Waals surface area contributed by atoms with Crippen LogP contribution in [0.4, 0.5) is 0 Å². The van der Waals surface area contributed by atoms with Gasteiger partial charge >= 0.3 is 5.97 Å². The molecule has 0 aliphatic heterocycles. The van der Waals surface area contributed by atoms with E-state index in [1.165, 1.54) is 7.11 Å². The number of carbonyl (C=O) groups excluding carboxylic acids is 1. The fraction of sp³-hybridized carbons (Fsp3) is 0.375. The van der Waals surface area contributed by atoms with Crippen LogP contribution in [0.5, 0.6) is 0 Å². The van der Waals surface area contributed by atoms with Crippen LogP contribution in [0.1, 0.15) is 5.56 Å².